The van der Waals surface area contributed by atoms with E-state index < -0.39 is 8.80 Å². The summed E-state index contributed by atoms with van der Waals surface area (Å²) in [6.45, 7) is 13.0. The van der Waals surface area contributed by atoms with Crippen LogP contribution in [0.3, 0.4) is 0 Å². The van der Waals surface area contributed by atoms with Crippen molar-refractivity contribution >= 4 is 24.7 Å². The van der Waals surface area contributed by atoms with E-state index in [9.17, 15) is 0 Å². The van der Waals surface area contributed by atoms with Gasteiger partial charge in [-0.15, -0.1) is 0 Å². The van der Waals surface area contributed by atoms with Gasteiger partial charge in [-0.2, -0.15) is 0 Å². The molecule has 1 aromatic rings. The third-order valence-electron chi connectivity index (χ3n) is 4.83. The largest absolute Gasteiger partial charge is 0.508 e. The van der Waals surface area contributed by atoms with E-state index in [1.165, 1.54) is 11.1 Å². The zero-order valence-corrected chi connectivity index (χ0v) is 20.5. The highest BCUT2D eigenvalue weighted by Gasteiger charge is 2.48. The quantitative estimate of drug-likeness (QED) is 0.158. The monoisotopic (exact) mass is 458 g/mol. The van der Waals surface area contributed by atoms with E-state index in [1.807, 2.05) is 0 Å². The second-order valence-corrected chi connectivity index (χ2v) is 11.5. The van der Waals surface area contributed by atoms with Gasteiger partial charge in [-0.25, -0.2) is 0 Å². The molecule has 0 saturated heterocycles. The Hall–Kier alpha value is -0.203. The molecule has 0 heterocycles. The van der Waals surface area contributed by atoms with Crippen LogP contribution >= 0.6 is 15.9 Å². The summed E-state index contributed by atoms with van der Waals surface area (Å²) in [4.78, 5) is 0.353. The predicted octanol–water partition coefficient (Wildman–Crippen LogP) is 7.17. The Morgan fingerprint density at radius 3 is 1.44 bits per heavy atom. The summed E-state index contributed by atoms with van der Waals surface area (Å²) in [6, 6.07) is 8.78. The Bertz CT molecular complexity index is 466. The van der Waals surface area contributed by atoms with E-state index in [2.05, 4.69) is 74.8 Å². The molecule has 0 aliphatic heterocycles. The van der Waals surface area contributed by atoms with Crippen molar-refractivity contribution in [3.63, 3.8) is 0 Å². The molecule has 5 heteroatoms. The molecule has 1 aromatic carbocycles. The van der Waals surface area contributed by atoms with Gasteiger partial charge in [-0.1, -0.05) is 87.2 Å². The molecular formula is C22H39BrO3Si. The molecule has 1 rings (SSSR count). The minimum absolute atomic E-state index is 0.128. The summed E-state index contributed by atoms with van der Waals surface area (Å²) in [5.41, 5.74) is 2.65. The van der Waals surface area contributed by atoms with Gasteiger partial charge >= 0.3 is 8.80 Å². The number of benzene rings is 1. The van der Waals surface area contributed by atoms with E-state index in [4.69, 9.17) is 13.3 Å². The average Bonchev–Trinajstić information content (AvgIpc) is 2.67. The number of hydrogen-bond acceptors (Lipinski definition) is 3. The van der Waals surface area contributed by atoms with E-state index in [1.54, 1.807) is 0 Å². The number of halogens is 1. The zero-order valence-electron chi connectivity index (χ0n) is 17.9. The van der Waals surface area contributed by atoms with Crippen LogP contribution in [-0.2, 0) is 13.3 Å². The predicted molar refractivity (Wildman–Crippen MR) is 121 cm³/mol. The normalized spacial score (nSPS) is 14.3. The van der Waals surface area contributed by atoms with Gasteiger partial charge in [0, 0.05) is 24.6 Å². The molecule has 0 bridgehead atoms. The minimum Gasteiger partial charge on any atom is -0.373 e. The van der Waals surface area contributed by atoms with Crippen molar-refractivity contribution in [2.45, 2.75) is 83.5 Å². The van der Waals surface area contributed by atoms with Crippen LogP contribution < -0.4 is 0 Å². The molecule has 0 N–H and O–H groups in total. The third kappa shape index (κ3) is 8.36. The second-order valence-electron chi connectivity index (χ2n) is 7.21. The lowest BCUT2D eigenvalue weighted by Gasteiger charge is -2.35. The van der Waals surface area contributed by atoms with E-state index in [-0.39, 0.29) is 5.54 Å². The van der Waals surface area contributed by atoms with Gasteiger partial charge in [-0.3, -0.25) is 0 Å². The Balaban J connectivity index is 3.06. The first-order valence-corrected chi connectivity index (χ1v) is 13.4. The van der Waals surface area contributed by atoms with Gasteiger partial charge in [0.1, 0.15) is 0 Å². The lowest BCUT2D eigenvalue weighted by atomic mass is 10.1. The standard InChI is InChI=1S/C22H39BrO3Si/c1-6-9-16-24-27(25-17-10-7-2,26-18-11-8-3)20(5)22-14-12-21(13-15-22)19(4)23/h12-15,19-20H,6-11,16-18H2,1-5H3. The van der Waals surface area contributed by atoms with Crippen LogP contribution in [-0.4, -0.2) is 28.6 Å². The van der Waals surface area contributed by atoms with Crippen LogP contribution in [0.2, 0.25) is 0 Å². The van der Waals surface area contributed by atoms with Crippen molar-refractivity contribution in [1.82, 2.24) is 0 Å². The number of hydrogen-bond donors (Lipinski definition) is 0. The molecule has 0 aliphatic carbocycles. The molecule has 0 saturated carbocycles. The van der Waals surface area contributed by atoms with Gasteiger partial charge in [0.05, 0.1) is 5.54 Å². The lowest BCUT2D eigenvalue weighted by molar-refractivity contribution is 0.0488. The second kappa shape index (κ2) is 13.9. The molecule has 156 valence electrons. The first-order valence-electron chi connectivity index (χ1n) is 10.7. The fourth-order valence-electron chi connectivity index (χ4n) is 2.83. The Morgan fingerprint density at radius 2 is 1.11 bits per heavy atom. The van der Waals surface area contributed by atoms with Crippen molar-refractivity contribution in [1.29, 1.82) is 0 Å². The molecule has 0 amide bonds. The van der Waals surface area contributed by atoms with Gasteiger partial charge in [0.2, 0.25) is 0 Å². The molecule has 0 spiro atoms. The lowest BCUT2D eigenvalue weighted by Crippen LogP contribution is -2.51. The Morgan fingerprint density at radius 1 is 0.741 bits per heavy atom. The topological polar surface area (TPSA) is 27.7 Å². The maximum atomic E-state index is 6.44. The maximum absolute atomic E-state index is 6.44. The van der Waals surface area contributed by atoms with Gasteiger partial charge < -0.3 is 13.3 Å². The van der Waals surface area contributed by atoms with Crippen LogP contribution in [0.15, 0.2) is 24.3 Å². The number of rotatable bonds is 15. The Kier molecular flexibility index (Phi) is 12.8. The van der Waals surface area contributed by atoms with Crippen molar-refractivity contribution in [2.24, 2.45) is 0 Å². The SMILES string of the molecule is CCCCO[Si](OCCCC)(OCCCC)C(C)c1ccc(C(C)Br)cc1. The molecule has 2 atom stereocenters. The summed E-state index contributed by atoms with van der Waals surface area (Å²) in [7, 11) is -2.81. The Labute approximate surface area is 176 Å². The maximum Gasteiger partial charge on any atom is 0.508 e. The highest BCUT2D eigenvalue weighted by Crippen LogP contribution is 2.32. The van der Waals surface area contributed by atoms with E-state index in [0.29, 0.717) is 24.6 Å². The van der Waals surface area contributed by atoms with E-state index in [0.717, 1.165) is 38.5 Å². The van der Waals surface area contributed by atoms with Crippen LogP contribution in [0.4, 0.5) is 0 Å². The fourth-order valence-corrected chi connectivity index (χ4v) is 6.02. The summed E-state index contributed by atoms with van der Waals surface area (Å²) in [6.07, 6.45) is 6.45. The van der Waals surface area contributed by atoms with Gasteiger partial charge in [-0.05, 0) is 37.3 Å². The highest BCUT2D eigenvalue weighted by molar-refractivity contribution is 9.09. The first kappa shape index (κ1) is 24.8. The molecule has 0 fully saturated rings. The van der Waals surface area contributed by atoms with Crippen LogP contribution in [0.1, 0.15) is 94.6 Å². The summed E-state index contributed by atoms with van der Waals surface area (Å²) >= 11 is 3.64. The van der Waals surface area contributed by atoms with Gasteiger partial charge in [0.25, 0.3) is 0 Å². The fraction of sp³-hybridized carbons (Fsp3) is 0.727. The summed E-state index contributed by atoms with van der Waals surface area (Å²) in [5, 5.41) is 0. The minimum atomic E-state index is -2.81. The van der Waals surface area contributed by atoms with Crippen molar-refractivity contribution < 1.29 is 13.3 Å². The van der Waals surface area contributed by atoms with Crippen molar-refractivity contribution in [2.75, 3.05) is 19.8 Å². The smallest absolute Gasteiger partial charge is 0.373 e. The molecule has 0 radical (unpaired) electrons. The van der Waals surface area contributed by atoms with Gasteiger partial charge in [0.15, 0.2) is 0 Å². The number of unbranched alkanes of at least 4 members (excludes halogenated alkanes) is 3. The third-order valence-corrected chi connectivity index (χ3v) is 8.57. The van der Waals surface area contributed by atoms with Crippen molar-refractivity contribution in [3.8, 4) is 0 Å². The molecule has 0 aromatic heterocycles. The van der Waals surface area contributed by atoms with Crippen LogP contribution in [0, 0.1) is 0 Å². The first-order chi connectivity index (χ1) is 13.0. The molecule has 3 nitrogen and oxygen atoms in total. The summed E-state index contributed by atoms with van der Waals surface area (Å²) < 4.78 is 19.3. The average molecular weight is 460 g/mol. The highest BCUT2D eigenvalue weighted by atomic mass is 79.9. The molecule has 27 heavy (non-hydrogen) atoms. The molecular weight excluding hydrogens is 420 g/mol. The van der Waals surface area contributed by atoms with E-state index >= 15 is 0 Å². The molecule has 0 aliphatic rings. The zero-order chi connectivity index (χ0) is 20.1. The van der Waals surface area contributed by atoms with Crippen LogP contribution in [0.5, 0.6) is 0 Å². The van der Waals surface area contributed by atoms with Crippen LogP contribution in [0.25, 0.3) is 0 Å². The number of alkyl halides is 1. The summed E-state index contributed by atoms with van der Waals surface area (Å²) in [5.74, 6) is 0. The van der Waals surface area contributed by atoms with Crippen molar-refractivity contribution in [3.05, 3.63) is 35.4 Å². The molecule has 2 unspecified atom stereocenters.